The van der Waals surface area contributed by atoms with Gasteiger partial charge in [-0.1, -0.05) is 25.1 Å². The van der Waals surface area contributed by atoms with Gasteiger partial charge in [-0.25, -0.2) is 4.79 Å². The summed E-state index contributed by atoms with van der Waals surface area (Å²) in [4.78, 5) is 11.1. The predicted molar refractivity (Wildman–Crippen MR) is 72.1 cm³/mol. The second-order valence-electron chi connectivity index (χ2n) is 4.98. The van der Waals surface area contributed by atoms with Crippen molar-refractivity contribution in [1.82, 2.24) is 0 Å². The fourth-order valence-electron chi connectivity index (χ4n) is 1.55. The molecule has 0 amide bonds. The normalized spacial score (nSPS) is 12.9. The van der Waals surface area contributed by atoms with Crippen molar-refractivity contribution >= 4 is 5.97 Å². The minimum Gasteiger partial charge on any atom is -0.478 e. The van der Waals surface area contributed by atoms with Crippen LogP contribution in [0.5, 0.6) is 5.75 Å². The Labute approximate surface area is 108 Å². The molecule has 0 fully saturated rings. The molecule has 0 aliphatic heterocycles. The first-order chi connectivity index (χ1) is 8.27. The van der Waals surface area contributed by atoms with Crippen LogP contribution < -0.4 is 4.74 Å². The first-order valence-electron chi connectivity index (χ1n) is 5.93. The number of carboxylic acids is 1. The number of carbonyl (C=O) groups is 1. The van der Waals surface area contributed by atoms with Crippen LogP contribution >= 0.6 is 0 Å². The maximum absolute atomic E-state index is 11.1. The molecule has 0 aliphatic rings. The van der Waals surface area contributed by atoms with Gasteiger partial charge in [-0.3, -0.25) is 0 Å². The molecule has 0 saturated carbocycles. The van der Waals surface area contributed by atoms with Crippen LogP contribution in [0.15, 0.2) is 30.9 Å². The van der Waals surface area contributed by atoms with Crippen LogP contribution in [-0.2, 0) is 4.79 Å². The van der Waals surface area contributed by atoms with Gasteiger partial charge in [-0.05, 0) is 32.4 Å². The fraction of sp³-hybridized carbons (Fsp3) is 0.400. The number of hydrogen-bond donors (Lipinski definition) is 1. The van der Waals surface area contributed by atoms with E-state index in [1.807, 2.05) is 38.1 Å². The van der Waals surface area contributed by atoms with Gasteiger partial charge in [0.25, 0.3) is 0 Å². The number of rotatable bonds is 5. The van der Waals surface area contributed by atoms with Gasteiger partial charge in [0, 0.05) is 11.5 Å². The van der Waals surface area contributed by atoms with Gasteiger partial charge in [-0.15, -0.1) is 6.58 Å². The van der Waals surface area contributed by atoms with Crippen LogP contribution in [0.1, 0.15) is 37.8 Å². The summed E-state index contributed by atoms with van der Waals surface area (Å²) in [5.41, 5.74) is 0.736. The van der Waals surface area contributed by atoms with E-state index in [1.54, 1.807) is 13.8 Å². The zero-order valence-electron chi connectivity index (χ0n) is 11.4. The van der Waals surface area contributed by atoms with Crippen molar-refractivity contribution < 1.29 is 14.6 Å². The Morgan fingerprint density at radius 3 is 2.61 bits per heavy atom. The highest BCUT2D eigenvalue weighted by atomic mass is 16.5. The maximum Gasteiger partial charge on any atom is 0.347 e. The molecule has 18 heavy (non-hydrogen) atoms. The van der Waals surface area contributed by atoms with E-state index in [0.717, 1.165) is 11.1 Å². The Hall–Kier alpha value is -1.77. The maximum atomic E-state index is 11.1. The van der Waals surface area contributed by atoms with Crippen molar-refractivity contribution in [3.63, 3.8) is 0 Å². The van der Waals surface area contributed by atoms with Crippen LogP contribution in [0.2, 0.25) is 0 Å². The second kappa shape index (κ2) is 5.25. The van der Waals surface area contributed by atoms with E-state index in [1.165, 1.54) is 0 Å². The quantitative estimate of drug-likeness (QED) is 0.811. The third-order valence-electron chi connectivity index (χ3n) is 2.89. The predicted octanol–water partition coefficient (Wildman–Crippen LogP) is 3.53. The van der Waals surface area contributed by atoms with Crippen LogP contribution in [0.4, 0.5) is 0 Å². The molecular weight excluding hydrogens is 228 g/mol. The van der Waals surface area contributed by atoms with Crippen molar-refractivity contribution in [2.75, 3.05) is 0 Å². The first-order valence-corrected chi connectivity index (χ1v) is 5.93. The molecule has 1 aromatic carbocycles. The highest BCUT2D eigenvalue weighted by molar-refractivity contribution is 5.76. The molecule has 0 aromatic heterocycles. The van der Waals surface area contributed by atoms with Crippen molar-refractivity contribution in [3.05, 3.63) is 42.0 Å². The Kier molecular flexibility index (Phi) is 4.17. The average Bonchev–Trinajstić information content (AvgIpc) is 2.27. The van der Waals surface area contributed by atoms with E-state index >= 15 is 0 Å². The van der Waals surface area contributed by atoms with Gasteiger partial charge < -0.3 is 9.84 Å². The third-order valence-corrected chi connectivity index (χ3v) is 2.89. The second-order valence-corrected chi connectivity index (χ2v) is 4.98. The zero-order valence-corrected chi connectivity index (χ0v) is 11.4. The van der Waals surface area contributed by atoms with Gasteiger partial charge in [-0.2, -0.15) is 0 Å². The third kappa shape index (κ3) is 3.13. The lowest BCUT2D eigenvalue weighted by Crippen LogP contribution is -2.38. The Morgan fingerprint density at radius 2 is 2.11 bits per heavy atom. The highest BCUT2D eigenvalue weighted by Crippen LogP contribution is 2.31. The number of aliphatic carboxylic acids is 1. The monoisotopic (exact) mass is 248 g/mol. The summed E-state index contributed by atoms with van der Waals surface area (Å²) in [6.45, 7) is 10.8. The molecule has 0 heterocycles. The topological polar surface area (TPSA) is 46.5 Å². The Balaban J connectivity index is 3.18. The van der Waals surface area contributed by atoms with E-state index in [-0.39, 0.29) is 5.92 Å². The lowest BCUT2D eigenvalue weighted by Gasteiger charge is -2.24. The van der Waals surface area contributed by atoms with Gasteiger partial charge in [0.1, 0.15) is 5.75 Å². The number of carboxylic acid groups (broad SMARTS) is 1. The molecule has 0 aliphatic carbocycles. The Bertz CT molecular complexity index is 461. The van der Waals surface area contributed by atoms with Crippen molar-refractivity contribution in [2.45, 2.75) is 39.2 Å². The van der Waals surface area contributed by atoms with Crippen LogP contribution in [0, 0.1) is 6.92 Å². The summed E-state index contributed by atoms with van der Waals surface area (Å²) < 4.78 is 5.65. The molecule has 0 radical (unpaired) electrons. The number of hydrogen-bond acceptors (Lipinski definition) is 2. The van der Waals surface area contributed by atoms with Crippen molar-refractivity contribution in [2.24, 2.45) is 0 Å². The molecular formula is C15H20O3. The summed E-state index contributed by atoms with van der Waals surface area (Å²) in [6, 6.07) is 5.80. The highest BCUT2D eigenvalue weighted by Gasteiger charge is 2.30. The number of aryl methyl sites for hydroxylation is 1. The average molecular weight is 248 g/mol. The molecule has 0 saturated heterocycles. The van der Waals surface area contributed by atoms with E-state index in [2.05, 4.69) is 6.58 Å². The Morgan fingerprint density at radius 1 is 1.50 bits per heavy atom. The van der Waals surface area contributed by atoms with E-state index in [0.29, 0.717) is 5.75 Å². The minimum absolute atomic E-state index is 0.116. The number of ether oxygens (including phenoxy) is 1. The van der Waals surface area contributed by atoms with Crippen LogP contribution in [-0.4, -0.2) is 16.7 Å². The minimum atomic E-state index is -1.25. The molecule has 1 aromatic rings. The van der Waals surface area contributed by atoms with E-state index < -0.39 is 11.6 Å². The summed E-state index contributed by atoms with van der Waals surface area (Å²) in [6.07, 6.45) is 1.81. The lowest BCUT2D eigenvalue weighted by molar-refractivity contribution is -0.152. The van der Waals surface area contributed by atoms with Gasteiger partial charge in [0.15, 0.2) is 5.60 Å². The molecule has 1 rings (SSSR count). The molecule has 0 unspecified atom stereocenters. The van der Waals surface area contributed by atoms with Crippen molar-refractivity contribution in [1.29, 1.82) is 0 Å². The molecule has 0 spiro atoms. The lowest BCUT2D eigenvalue weighted by atomic mass is 9.98. The van der Waals surface area contributed by atoms with Crippen LogP contribution in [0.25, 0.3) is 0 Å². The zero-order chi connectivity index (χ0) is 13.9. The van der Waals surface area contributed by atoms with E-state index in [4.69, 9.17) is 9.84 Å². The summed E-state index contributed by atoms with van der Waals surface area (Å²) in [7, 11) is 0. The summed E-state index contributed by atoms with van der Waals surface area (Å²) >= 11 is 0. The van der Waals surface area contributed by atoms with Gasteiger partial charge in [0.2, 0.25) is 0 Å². The van der Waals surface area contributed by atoms with E-state index in [9.17, 15) is 4.79 Å². The summed E-state index contributed by atoms with van der Waals surface area (Å²) in [5, 5.41) is 9.11. The van der Waals surface area contributed by atoms with Gasteiger partial charge in [0.05, 0.1) is 0 Å². The number of allylic oxidation sites excluding steroid dienone is 1. The largest absolute Gasteiger partial charge is 0.478 e. The molecule has 98 valence electrons. The molecule has 3 nitrogen and oxygen atoms in total. The standard InChI is InChI=1S/C15H20O3/c1-6-11(3)12-8-7-10(2)9-13(12)18-15(4,5)14(16)17/h6-9,11H,1H2,2-5H3,(H,16,17)/t11-/m0/s1. The first kappa shape index (κ1) is 14.3. The SMILES string of the molecule is C=C[C@H](C)c1ccc(C)cc1OC(C)(C)C(=O)O. The molecule has 1 atom stereocenters. The summed E-state index contributed by atoms with van der Waals surface area (Å²) in [5.74, 6) is -0.263. The molecule has 3 heteroatoms. The smallest absolute Gasteiger partial charge is 0.347 e. The molecule has 0 bridgehead atoms. The van der Waals surface area contributed by atoms with Crippen LogP contribution in [0.3, 0.4) is 0 Å². The fourth-order valence-corrected chi connectivity index (χ4v) is 1.55. The van der Waals surface area contributed by atoms with Crippen molar-refractivity contribution in [3.8, 4) is 5.75 Å². The van der Waals surface area contributed by atoms with Gasteiger partial charge >= 0.3 is 5.97 Å². The molecule has 1 N–H and O–H groups in total. The number of benzene rings is 1.